The van der Waals surface area contributed by atoms with Crippen LogP contribution >= 0.6 is 23.2 Å². The van der Waals surface area contributed by atoms with Crippen LogP contribution in [0, 0.1) is 5.92 Å². The molecule has 0 fully saturated rings. The smallest absolute Gasteiger partial charge is 0.328 e. The van der Waals surface area contributed by atoms with Crippen molar-refractivity contribution < 1.29 is 14.3 Å². The number of carbonyl (C=O) groups excluding carboxylic acids is 2. The number of amides is 1. The molecular formula is C13H16Cl2N2O3. The van der Waals surface area contributed by atoms with Crippen molar-refractivity contribution >= 4 is 35.1 Å². The van der Waals surface area contributed by atoms with Gasteiger partial charge in [-0.25, -0.2) is 9.78 Å². The standard InChI is InChI=1S/C13H16Cl2N2O3/c1-7(2)6-9(13(19)20-3)16-12(18)11-8(14)4-5-10(15)17-11/h4-5,7,9H,6H2,1-3H3,(H,16,18). The molecule has 20 heavy (non-hydrogen) atoms. The van der Waals surface area contributed by atoms with Crippen LogP contribution in [-0.4, -0.2) is 30.0 Å². The Labute approximate surface area is 127 Å². The summed E-state index contributed by atoms with van der Waals surface area (Å²) in [5.41, 5.74) is -0.0168. The zero-order chi connectivity index (χ0) is 15.3. The first-order valence-electron chi connectivity index (χ1n) is 6.06. The van der Waals surface area contributed by atoms with Crippen molar-refractivity contribution in [3.05, 3.63) is 28.0 Å². The number of nitrogens with one attached hydrogen (secondary N) is 1. The minimum absolute atomic E-state index is 0.0168. The average Bonchev–Trinajstić information content (AvgIpc) is 2.39. The molecule has 0 saturated heterocycles. The summed E-state index contributed by atoms with van der Waals surface area (Å²) in [6.45, 7) is 3.87. The van der Waals surface area contributed by atoms with Crippen molar-refractivity contribution in [1.82, 2.24) is 10.3 Å². The van der Waals surface area contributed by atoms with Crippen LogP contribution in [0.5, 0.6) is 0 Å². The van der Waals surface area contributed by atoms with E-state index in [2.05, 4.69) is 15.0 Å². The second-order valence-electron chi connectivity index (χ2n) is 4.64. The zero-order valence-electron chi connectivity index (χ0n) is 11.4. The molecule has 5 nitrogen and oxygen atoms in total. The molecule has 1 aromatic rings. The molecule has 1 rings (SSSR count). The van der Waals surface area contributed by atoms with E-state index in [1.807, 2.05) is 13.8 Å². The van der Waals surface area contributed by atoms with E-state index in [-0.39, 0.29) is 21.8 Å². The molecule has 0 spiro atoms. The van der Waals surface area contributed by atoms with Gasteiger partial charge in [-0.05, 0) is 24.5 Å². The van der Waals surface area contributed by atoms with E-state index in [1.165, 1.54) is 19.2 Å². The lowest BCUT2D eigenvalue weighted by Gasteiger charge is -2.18. The maximum atomic E-state index is 12.1. The van der Waals surface area contributed by atoms with Gasteiger partial charge in [0.15, 0.2) is 0 Å². The van der Waals surface area contributed by atoms with Crippen LogP contribution in [0.1, 0.15) is 30.8 Å². The summed E-state index contributed by atoms with van der Waals surface area (Å²) < 4.78 is 4.67. The predicted octanol–water partition coefficient (Wildman–Crippen LogP) is 2.71. The topological polar surface area (TPSA) is 68.3 Å². The largest absolute Gasteiger partial charge is 0.467 e. The zero-order valence-corrected chi connectivity index (χ0v) is 13.0. The van der Waals surface area contributed by atoms with Gasteiger partial charge >= 0.3 is 5.97 Å². The number of nitrogens with zero attached hydrogens (tertiary/aromatic N) is 1. The number of pyridine rings is 1. The van der Waals surface area contributed by atoms with Crippen LogP contribution in [0.3, 0.4) is 0 Å². The van der Waals surface area contributed by atoms with Gasteiger partial charge in [-0.3, -0.25) is 4.79 Å². The number of hydrogen-bond donors (Lipinski definition) is 1. The highest BCUT2D eigenvalue weighted by molar-refractivity contribution is 6.34. The molecule has 1 N–H and O–H groups in total. The van der Waals surface area contributed by atoms with E-state index >= 15 is 0 Å². The molecule has 1 unspecified atom stereocenters. The van der Waals surface area contributed by atoms with Gasteiger partial charge in [-0.1, -0.05) is 37.0 Å². The maximum Gasteiger partial charge on any atom is 0.328 e. The molecule has 0 bridgehead atoms. The monoisotopic (exact) mass is 318 g/mol. The highest BCUT2D eigenvalue weighted by Gasteiger charge is 2.24. The minimum atomic E-state index is -0.746. The Balaban J connectivity index is 2.90. The molecule has 110 valence electrons. The normalized spacial score (nSPS) is 12.1. The molecule has 1 atom stereocenters. The van der Waals surface area contributed by atoms with Crippen LogP contribution in [-0.2, 0) is 9.53 Å². The lowest BCUT2D eigenvalue weighted by molar-refractivity contribution is -0.143. The summed E-state index contributed by atoms with van der Waals surface area (Å²) in [7, 11) is 1.27. The van der Waals surface area contributed by atoms with Crippen LogP contribution in [0.15, 0.2) is 12.1 Å². The van der Waals surface area contributed by atoms with Gasteiger partial charge < -0.3 is 10.1 Å². The fraction of sp³-hybridized carbons (Fsp3) is 0.462. The van der Waals surface area contributed by atoms with Gasteiger partial charge in [-0.15, -0.1) is 0 Å². The number of halogens is 2. The highest BCUT2D eigenvalue weighted by Crippen LogP contribution is 2.17. The van der Waals surface area contributed by atoms with Gasteiger partial charge in [0.2, 0.25) is 0 Å². The predicted molar refractivity (Wildman–Crippen MR) is 77.0 cm³/mol. The summed E-state index contributed by atoms with van der Waals surface area (Å²) in [5.74, 6) is -0.860. The van der Waals surface area contributed by atoms with Gasteiger partial charge in [-0.2, -0.15) is 0 Å². The molecule has 0 radical (unpaired) electrons. The molecule has 1 aromatic heterocycles. The maximum absolute atomic E-state index is 12.1. The van der Waals surface area contributed by atoms with Crippen molar-refractivity contribution in [1.29, 1.82) is 0 Å². The van der Waals surface area contributed by atoms with E-state index in [4.69, 9.17) is 23.2 Å². The molecule has 7 heteroatoms. The molecule has 0 aliphatic rings. The van der Waals surface area contributed by atoms with E-state index in [0.29, 0.717) is 6.42 Å². The van der Waals surface area contributed by atoms with Gasteiger partial charge in [0, 0.05) is 0 Å². The quantitative estimate of drug-likeness (QED) is 0.669. The fourth-order valence-electron chi connectivity index (χ4n) is 1.63. The van der Waals surface area contributed by atoms with Crippen molar-refractivity contribution in [2.75, 3.05) is 7.11 Å². The molecule has 1 amide bonds. The van der Waals surface area contributed by atoms with Crippen molar-refractivity contribution in [2.45, 2.75) is 26.3 Å². The Morgan fingerprint density at radius 1 is 1.35 bits per heavy atom. The number of rotatable bonds is 5. The van der Waals surface area contributed by atoms with E-state index in [1.54, 1.807) is 0 Å². The second kappa shape index (κ2) is 7.45. The third kappa shape index (κ3) is 4.65. The third-order valence-corrected chi connectivity index (χ3v) is 3.04. The van der Waals surface area contributed by atoms with Gasteiger partial charge in [0.1, 0.15) is 16.9 Å². The highest BCUT2D eigenvalue weighted by atomic mass is 35.5. The number of esters is 1. The van der Waals surface area contributed by atoms with Crippen LogP contribution in [0.4, 0.5) is 0 Å². The Morgan fingerprint density at radius 3 is 2.55 bits per heavy atom. The molecule has 0 saturated carbocycles. The summed E-state index contributed by atoms with van der Waals surface area (Å²) >= 11 is 11.6. The van der Waals surface area contributed by atoms with E-state index < -0.39 is 17.9 Å². The average molecular weight is 319 g/mol. The van der Waals surface area contributed by atoms with Crippen molar-refractivity contribution in [3.63, 3.8) is 0 Å². The molecule has 1 heterocycles. The van der Waals surface area contributed by atoms with E-state index in [9.17, 15) is 9.59 Å². The van der Waals surface area contributed by atoms with Crippen LogP contribution < -0.4 is 5.32 Å². The Hall–Kier alpha value is -1.33. The molecule has 0 aliphatic carbocycles. The number of carbonyl (C=O) groups is 2. The van der Waals surface area contributed by atoms with Gasteiger partial charge in [0.25, 0.3) is 5.91 Å². The van der Waals surface area contributed by atoms with Gasteiger partial charge in [0.05, 0.1) is 12.1 Å². The number of hydrogen-bond acceptors (Lipinski definition) is 4. The lowest BCUT2D eigenvalue weighted by Crippen LogP contribution is -2.42. The Kier molecular flexibility index (Phi) is 6.23. The van der Waals surface area contributed by atoms with Crippen LogP contribution in [0.2, 0.25) is 10.2 Å². The Bertz CT molecular complexity index is 506. The third-order valence-electron chi connectivity index (χ3n) is 2.53. The summed E-state index contributed by atoms with van der Waals surface area (Å²) in [4.78, 5) is 27.6. The second-order valence-corrected chi connectivity index (χ2v) is 5.44. The minimum Gasteiger partial charge on any atom is -0.467 e. The number of aromatic nitrogens is 1. The summed E-state index contributed by atoms with van der Waals surface area (Å²) in [6, 6.07) is 2.21. The first-order chi connectivity index (χ1) is 9.35. The lowest BCUT2D eigenvalue weighted by atomic mass is 10.0. The number of methoxy groups -OCH3 is 1. The SMILES string of the molecule is COC(=O)C(CC(C)C)NC(=O)c1nc(Cl)ccc1Cl. The van der Waals surface area contributed by atoms with Crippen molar-refractivity contribution in [2.24, 2.45) is 5.92 Å². The van der Waals surface area contributed by atoms with E-state index in [0.717, 1.165) is 0 Å². The summed E-state index contributed by atoms with van der Waals surface area (Å²) in [6.07, 6.45) is 0.455. The van der Waals surface area contributed by atoms with Crippen molar-refractivity contribution in [3.8, 4) is 0 Å². The molecular weight excluding hydrogens is 303 g/mol. The number of ether oxygens (including phenoxy) is 1. The fourth-order valence-corrected chi connectivity index (χ4v) is 1.97. The first kappa shape index (κ1) is 16.7. The molecule has 0 aromatic carbocycles. The van der Waals surface area contributed by atoms with Crippen LogP contribution in [0.25, 0.3) is 0 Å². The summed E-state index contributed by atoms with van der Waals surface area (Å²) in [5, 5.41) is 2.88. The molecule has 0 aliphatic heterocycles. The Morgan fingerprint density at radius 2 is 2.00 bits per heavy atom. The first-order valence-corrected chi connectivity index (χ1v) is 6.81.